The second-order valence-corrected chi connectivity index (χ2v) is 8.87. The Morgan fingerprint density at radius 1 is 1.12 bits per heavy atom. The van der Waals surface area contributed by atoms with Crippen molar-refractivity contribution in [1.29, 1.82) is 0 Å². The molecule has 3 heterocycles. The van der Waals surface area contributed by atoms with E-state index in [0.29, 0.717) is 51.5 Å². The van der Waals surface area contributed by atoms with E-state index in [-0.39, 0.29) is 13.3 Å². The predicted octanol–water partition coefficient (Wildman–Crippen LogP) is 4.03. The largest absolute Gasteiger partial charge is 0.454 e. The van der Waals surface area contributed by atoms with Crippen molar-refractivity contribution in [3.8, 4) is 22.9 Å². The lowest BCUT2D eigenvalue weighted by molar-refractivity contribution is 0.174. The molecule has 0 amide bonds. The number of ether oxygens (including phenoxy) is 2. The molecule has 0 radical (unpaired) electrons. The minimum absolute atomic E-state index is 0.0958. The van der Waals surface area contributed by atoms with Gasteiger partial charge in [0, 0.05) is 12.1 Å². The molecule has 0 atom stereocenters. The zero-order valence-electron chi connectivity index (χ0n) is 18.3. The highest BCUT2D eigenvalue weighted by Gasteiger charge is 2.24. The number of rotatable bonds is 6. The summed E-state index contributed by atoms with van der Waals surface area (Å²) in [6, 6.07) is 13.1. The van der Waals surface area contributed by atoms with Crippen molar-refractivity contribution in [3.63, 3.8) is 0 Å². The molecule has 9 heteroatoms. The first-order valence-corrected chi connectivity index (χ1v) is 11.2. The number of nitrogens with zero attached hydrogens (tertiary/aromatic N) is 3. The van der Waals surface area contributed by atoms with Gasteiger partial charge in [0.25, 0.3) is 5.56 Å². The maximum absolute atomic E-state index is 13.0. The average Bonchev–Trinajstić information content (AvgIpc) is 3.41. The van der Waals surface area contributed by atoms with Crippen LogP contribution in [0.1, 0.15) is 25.8 Å². The van der Waals surface area contributed by atoms with Crippen molar-refractivity contribution in [2.75, 3.05) is 6.79 Å². The lowest BCUT2D eigenvalue weighted by Crippen LogP contribution is -2.31. The number of benzene rings is 2. The van der Waals surface area contributed by atoms with Crippen LogP contribution in [0, 0.1) is 5.92 Å². The number of aryl methyl sites for hydroxylation is 1. The number of imidazole rings is 1. The van der Waals surface area contributed by atoms with E-state index in [1.807, 2.05) is 34.9 Å². The van der Waals surface area contributed by atoms with Crippen molar-refractivity contribution < 1.29 is 9.47 Å². The van der Waals surface area contributed by atoms with E-state index in [1.54, 1.807) is 12.1 Å². The highest BCUT2D eigenvalue weighted by Crippen LogP contribution is 2.42. The molecule has 0 saturated heterocycles. The van der Waals surface area contributed by atoms with Crippen LogP contribution >= 0.6 is 11.6 Å². The third-order valence-electron chi connectivity index (χ3n) is 5.68. The molecule has 1 aliphatic heterocycles. The highest BCUT2D eigenvalue weighted by atomic mass is 35.5. The van der Waals surface area contributed by atoms with Crippen LogP contribution in [-0.2, 0) is 13.1 Å². The van der Waals surface area contributed by atoms with E-state index >= 15 is 0 Å². The van der Waals surface area contributed by atoms with Gasteiger partial charge in [0.15, 0.2) is 22.7 Å². The number of halogens is 1. The molecular weight excluding hydrogens is 444 g/mol. The highest BCUT2D eigenvalue weighted by molar-refractivity contribution is 6.32. The van der Waals surface area contributed by atoms with E-state index < -0.39 is 11.2 Å². The maximum atomic E-state index is 13.0. The van der Waals surface area contributed by atoms with E-state index in [9.17, 15) is 9.59 Å². The van der Waals surface area contributed by atoms with Crippen molar-refractivity contribution in [2.24, 2.45) is 5.92 Å². The summed E-state index contributed by atoms with van der Waals surface area (Å²) in [6.07, 6.45) is 0.827. The first-order chi connectivity index (χ1) is 15.9. The molecule has 0 aliphatic carbocycles. The van der Waals surface area contributed by atoms with Gasteiger partial charge in [-0.2, -0.15) is 0 Å². The first kappa shape index (κ1) is 21.3. The van der Waals surface area contributed by atoms with Crippen LogP contribution in [-0.4, -0.2) is 25.9 Å². The molecule has 8 nitrogen and oxygen atoms in total. The third-order valence-corrected chi connectivity index (χ3v) is 5.97. The number of aromatic amines is 1. The molecule has 0 bridgehead atoms. The Bertz CT molecular complexity index is 1450. The van der Waals surface area contributed by atoms with Crippen molar-refractivity contribution in [2.45, 2.75) is 33.4 Å². The Kier molecular flexibility index (Phi) is 5.46. The molecule has 0 spiro atoms. The van der Waals surface area contributed by atoms with Gasteiger partial charge in [0.1, 0.15) is 5.82 Å². The zero-order chi connectivity index (χ0) is 23.1. The molecular formula is C24H23ClN4O4. The van der Waals surface area contributed by atoms with Gasteiger partial charge in [-0.1, -0.05) is 55.8 Å². The minimum Gasteiger partial charge on any atom is -0.454 e. The van der Waals surface area contributed by atoms with E-state index in [2.05, 4.69) is 18.8 Å². The second-order valence-electron chi connectivity index (χ2n) is 8.46. The van der Waals surface area contributed by atoms with Crippen LogP contribution in [0.3, 0.4) is 0 Å². The van der Waals surface area contributed by atoms with Crippen LogP contribution in [0.25, 0.3) is 22.6 Å². The summed E-state index contributed by atoms with van der Waals surface area (Å²) in [5, 5.41) is 0.401. The van der Waals surface area contributed by atoms with Crippen LogP contribution in [0.2, 0.25) is 5.02 Å². The molecule has 0 fully saturated rings. The molecule has 170 valence electrons. The molecule has 0 saturated carbocycles. The molecule has 2 aromatic heterocycles. The fraction of sp³-hybridized carbons (Fsp3) is 0.292. The Labute approximate surface area is 194 Å². The Morgan fingerprint density at radius 2 is 1.91 bits per heavy atom. The van der Waals surface area contributed by atoms with Gasteiger partial charge in [0.2, 0.25) is 6.79 Å². The van der Waals surface area contributed by atoms with Crippen molar-refractivity contribution in [3.05, 3.63) is 73.9 Å². The van der Waals surface area contributed by atoms with Crippen LogP contribution in [0.4, 0.5) is 0 Å². The summed E-state index contributed by atoms with van der Waals surface area (Å²) < 4.78 is 14.3. The topological polar surface area (TPSA) is 91.1 Å². The number of nitrogens with one attached hydrogen (secondary N) is 1. The average molecular weight is 467 g/mol. The fourth-order valence-electron chi connectivity index (χ4n) is 4.01. The van der Waals surface area contributed by atoms with E-state index in [1.165, 1.54) is 4.57 Å². The van der Waals surface area contributed by atoms with Crippen molar-refractivity contribution >= 4 is 22.8 Å². The monoisotopic (exact) mass is 466 g/mol. The quantitative estimate of drug-likeness (QED) is 0.463. The van der Waals surface area contributed by atoms with Crippen molar-refractivity contribution in [1.82, 2.24) is 19.1 Å². The molecule has 4 aromatic rings. The Hall–Kier alpha value is -3.52. The minimum atomic E-state index is -0.500. The van der Waals surface area contributed by atoms with Gasteiger partial charge < -0.3 is 14.0 Å². The Morgan fingerprint density at radius 3 is 2.67 bits per heavy atom. The fourth-order valence-corrected chi connectivity index (χ4v) is 4.27. The SMILES string of the molecule is CC(C)CCn1c(-c2cc(Cl)c3c(c2)OCO3)nc2c1c(=O)[nH]c(=O)n2Cc1ccccc1. The summed E-state index contributed by atoms with van der Waals surface area (Å²) >= 11 is 6.43. The molecule has 2 aromatic carbocycles. The lowest BCUT2D eigenvalue weighted by atomic mass is 10.1. The molecule has 1 aliphatic rings. The summed E-state index contributed by atoms with van der Waals surface area (Å²) in [6.45, 7) is 5.17. The first-order valence-electron chi connectivity index (χ1n) is 10.8. The van der Waals surface area contributed by atoms with Gasteiger partial charge in [-0.25, -0.2) is 9.78 Å². The summed E-state index contributed by atoms with van der Waals surface area (Å²) in [5.74, 6) is 1.97. The van der Waals surface area contributed by atoms with Gasteiger partial charge in [-0.15, -0.1) is 0 Å². The standard InChI is InChI=1S/C24H23ClN4O4/c1-14(2)8-9-28-19-22(26-21(28)16-10-17(25)20-18(11-16)32-13-33-20)29(24(31)27-23(19)30)12-15-6-4-3-5-7-15/h3-7,10-11,14H,8-9,12-13H2,1-2H3,(H,27,30,31). The van der Waals surface area contributed by atoms with Gasteiger partial charge in [0.05, 0.1) is 11.6 Å². The Balaban J connectivity index is 1.75. The number of fused-ring (bicyclic) bond motifs is 2. The summed E-state index contributed by atoms with van der Waals surface area (Å²) in [7, 11) is 0. The third kappa shape index (κ3) is 3.91. The number of aromatic nitrogens is 4. The molecule has 5 rings (SSSR count). The van der Waals surface area contributed by atoms with Crippen LogP contribution in [0.15, 0.2) is 52.1 Å². The smallest absolute Gasteiger partial charge is 0.330 e. The normalized spacial score (nSPS) is 12.7. The lowest BCUT2D eigenvalue weighted by Gasteiger charge is -2.12. The maximum Gasteiger partial charge on any atom is 0.330 e. The van der Waals surface area contributed by atoms with Gasteiger partial charge in [-0.05, 0) is 30.0 Å². The molecule has 1 N–H and O–H groups in total. The molecule has 33 heavy (non-hydrogen) atoms. The zero-order valence-corrected chi connectivity index (χ0v) is 19.1. The van der Waals surface area contributed by atoms with Crippen LogP contribution < -0.4 is 20.7 Å². The predicted molar refractivity (Wildman–Crippen MR) is 126 cm³/mol. The van der Waals surface area contributed by atoms with Gasteiger partial charge >= 0.3 is 5.69 Å². The van der Waals surface area contributed by atoms with E-state index in [0.717, 1.165) is 12.0 Å². The van der Waals surface area contributed by atoms with Crippen LogP contribution in [0.5, 0.6) is 11.5 Å². The number of H-pyrrole nitrogens is 1. The van der Waals surface area contributed by atoms with Gasteiger partial charge in [-0.3, -0.25) is 14.3 Å². The number of hydrogen-bond acceptors (Lipinski definition) is 5. The van der Waals surface area contributed by atoms with E-state index in [4.69, 9.17) is 26.1 Å². The molecule has 0 unspecified atom stereocenters. The summed E-state index contributed by atoms with van der Waals surface area (Å²) in [5.41, 5.74) is 1.34. The second kappa shape index (κ2) is 8.44. The summed E-state index contributed by atoms with van der Waals surface area (Å²) in [4.78, 5) is 33.0. The number of hydrogen-bond donors (Lipinski definition) is 1.